The average molecular weight is 358 g/mol. The summed E-state index contributed by atoms with van der Waals surface area (Å²) in [5, 5.41) is 7.45. The van der Waals surface area contributed by atoms with Gasteiger partial charge in [-0.25, -0.2) is 8.78 Å². The van der Waals surface area contributed by atoms with Gasteiger partial charge < -0.3 is 5.32 Å². The van der Waals surface area contributed by atoms with E-state index < -0.39 is 11.6 Å². The Morgan fingerprint density at radius 3 is 2.71 bits per heavy atom. The molecule has 0 aliphatic heterocycles. The van der Waals surface area contributed by atoms with Crippen LogP contribution < -0.4 is 5.32 Å². The van der Waals surface area contributed by atoms with Crippen LogP contribution in [-0.4, -0.2) is 16.3 Å². The van der Waals surface area contributed by atoms with Gasteiger partial charge in [0.1, 0.15) is 0 Å². The van der Waals surface area contributed by atoms with Gasteiger partial charge in [-0.15, -0.1) is 0 Å². The second kappa shape index (κ2) is 7.13. The molecule has 1 unspecified atom stereocenters. The Bertz CT molecular complexity index is 613. The Hall–Kier alpha value is -1.27. The lowest BCUT2D eigenvalue weighted by atomic mass is 10.0. The van der Waals surface area contributed by atoms with Crippen molar-refractivity contribution in [1.82, 2.24) is 15.1 Å². The van der Waals surface area contributed by atoms with E-state index in [2.05, 4.69) is 26.3 Å². The molecule has 6 heteroatoms. The molecule has 0 aliphatic carbocycles. The summed E-state index contributed by atoms with van der Waals surface area (Å²) in [7, 11) is 1.89. The van der Waals surface area contributed by atoms with Crippen molar-refractivity contribution in [2.45, 2.75) is 25.8 Å². The summed E-state index contributed by atoms with van der Waals surface area (Å²) in [6.45, 7) is 2.74. The van der Waals surface area contributed by atoms with E-state index in [4.69, 9.17) is 0 Å². The molecule has 21 heavy (non-hydrogen) atoms. The second-order valence-corrected chi connectivity index (χ2v) is 5.65. The fourth-order valence-corrected chi connectivity index (χ4v) is 2.96. The molecule has 0 saturated heterocycles. The molecular formula is C15H18BrF2N3. The molecular weight excluding hydrogens is 340 g/mol. The minimum absolute atomic E-state index is 0.0469. The SMILES string of the molecule is CCNC(CCc1ccnn1C)c1ccc(F)c(F)c1Br. The number of rotatable bonds is 6. The van der Waals surface area contributed by atoms with E-state index in [9.17, 15) is 8.78 Å². The zero-order valence-corrected chi connectivity index (χ0v) is 13.6. The summed E-state index contributed by atoms with van der Waals surface area (Å²) in [5.41, 5.74) is 1.84. The number of benzene rings is 1. The summed E-state index contributed by atoms with van der Waals surface area (Å²) < 4.78 is 29.0. The van der Waals surface area contributed by atoms with E-state index >= 15 is 0 Å². The Morgan fingerprint density at radius 1 is 1.33 bits per heavy atom. The summed E-state index contributed by atoms with van der Waals surface area (Å²) in [6, 6.07) is 4.71. The Kier molecular flexibility index (Phi) is 5.47. The van der Waals surface area contributed by atoms with Gasteiger partial charge in [0.2, 0.25) is 0 Å². The first-order valence-corrected chi connectivity index (χ1v) is 7.67. The van der Waals surface area contributed by atoms with E-state index in [1.54, 1.807) is 12.3 Å². The molecule has 1 N–H and O–H groups in total. The van der Waals surface area contributed by atoms with Gasteiger partial charge in [-0.05, 0) is 53.0 Å². The van der Waals surface area contributed by atoms with E-state index in [-0.39, 0.29) is 10.5 Å². The van der Waals surface area contributed by atoms with Gasteiger partial charge in [-0.2, -0.15) is 5.10 Å². The third kappa shape index (κ3) is 3.68. The topological polar surface area (TPSA) is 29.9 Å². The first-order valence-electron chi connectivity index (χ1n) is 6.88. The predicted molar refractivity (Wildman–Crippen MR) is 82.0 cm³/mol. The average Bonchev–Trinajstić information content (AvgIpc) is 2.87. The van der Waals surface area contributed by atoms with Crippen molar-refractivity contribution in [3.8, 4) is 0 Å². The monoisotopic (exact) mass is 357 g/mol. The molecule has 1 heterocycles. The lowest BCUT2D eigenvalue weighted by Crippen LogP contribution is -2.22. The minimum Gasteiger partial charge on any atom is -0.310 e. The van der Waals surface area contributed by atoms with Crippen molar-refractivity contribution in [3.63, 3.8) is 0 Å². The highest BCUT2D eigenvalue weighted by Gasteiger charge is 2.18. The van der Waals surface area contributed by atoms with E-state index in [1.165, 1.54) is 6.07 Å². The maximum absolute atomic E-state index is 13.7. The number of halogens is 3. The molecule has 0 saturated carbocycles. The first kappa shape index (κ1) is 16.1. The van der Waals surface area contributed by atoms with Crippen LogP contribution in [0.25, 0.3) is 0 Å². The molecule has 0 fully saturated rings. The Labute approximate surface area is 131 Å². The first-order chi connectivity index (χ1) is 10.0. The molecule has 2 rings (SSSR count). The maximum Gasteiger partial charge on any atom is 0.173 e. The second-order valence-electron chi connectivity index (χ2n) is 4.86. The van der Waals surface area contributed by atoms with Gasteiger partial charge in [0.15, 0.2) is 11.6 Å². The molecule has 0 spiro atoms. The molecule has 2 aromatic rings. The van der Waals surface area contributed by atoms with Gasteiger partial charge in [-0.1, -0.05) is 13.0 Å². The zero-order chi connectivity index (χ0) is 15.4. The predicted octanol–water partition coefficient (Wildman–Crippen LogP) is 3.74. The summed E-state index contributed by atoms with van der Waals surface area (Å²) >= 11 is 3.16. The zero-order valence-electron chi connectivity index (χ0n) is 12.0. The molecule has 1 aromatic heterocycles. The van der Waals surface area contributed by atoms with Crippen LogP contribution in [0.2, 0.25) is 0 Å². The van der Waals surface area contributed by atoms with Crippen molar-refractivity contribution >= 4 is 15.9 Å². The van der Waals surface area contributed by atoms with Crippen LogP contribution in [0.4, 0.5) is 8.78 Å². The third-order valence-corrected chi connectivity index (χ3v) is 4.31. The molecule has 0 amide bonds. The standard InChI is InChI=1S/C15H18BrF2N3/c1-3-19-13(7-4-10-8-9-20-21(10)2)11-5-6-12(17)15(18)14(11)16/h5-6,8-9,13,19H,3-4,7H2,1-2H3. The normalized spacial score (nSPS) is 12.6. The van der Waals surface area contributed by atoms with Crippen LogP contribution in [0, 0.1) is 11.6 Å². The van der Waals surface area contributed by atoms with Crippen LogP contribution in [0.5, 0.6) is 0 Å². The number of aromatic nitrogens is 2. The highest BCUT2D eigenvalue weighted by Crippen LogP contribution is 2.30. The van der Waals surface area contributed by atoms with E-state index in [0.717, 1.165) is 30.6 Å². The number of nitrogens with one attached hydrogen (secondary N) is 1. The smallest absolute Gasteiger partial charge is 0.173 e. The number of hydrogen-bond acceptors (Lipinski definition) is 2. The molecule has 3 nitrogen and oxygen atoms in total. The van der Waals surface area contributed by atoms with Crippen LogP contribution in [0.15, 0.2) is 28.9 Å². The molecule has 0 bridgehead atoms. The quantitative estimate of drug-likeness (QED) is 0.798. The van der Waals surface area contributed by atoms with Gasteiger partial charge in [0.05, 0.1) is 4.47 Å². The summed E-state index contributed by atoms with van der Waals surface area (Å²) in [6.07, 6.45) is 3.34. The Balaban J connectivity index is 2.19. The lowest BCUT2D eigenvalue weighted by molar-refractivity contribution is 0.479. The molecule has 1 atom stereocenters. The third-order valence-electron chi connectivity index (χ3n) is 3.50. The van der Waals surface area contributed by atoms with Crippen molar-refractivity contribution in [1.29, 1.82) is 0 Å². The van der Waals surface area contributed by atoms with Crippen molar-refractivity contribution in [3.05, 3.63) is 51.8 Å². The molecule has 1 aromatic carbocycles. The summed E-state index contributed by atoms with van der Waals surface area (Å²) in [5.74, 6) is -1.68. The fraction of sp³-hybridized carbons (Fsp3) is 0.400. The number of hydrogen-bond donors (Lipinski definition) is 1. The van der Waals surface area contributed by atoms with Crippen LogP contribution >= 0.6 is 15.9 Å². The number of aryl methyl sites for hydroxylation is 2. The van der Waals surface area contributed by atoms with E-state index in [0.29, 0.717) is 0 Å². The van der Waals surface area contributed by atoms with Crippen molar-refractivity contribution < 1.29 is 8.78 Å². The largest absolute Gasteiger partial charge is 0.310 e. The van der Waals surface area contributed by atoms with Gasteiger partial charge in [0, 0.05) is 25.0 Å². The highest BCUT2D eigenvalue weighted by atomic mass is 79.9. The van der Waals surface area contributed by atoms with Crippen LogP contribution in [-0.2, 0) is 13.5 Å². The molecule has 0 radical (unpaired) electrons. The maximum atomic E-state index is 13.7. The highest BCUT2D eigenvalue weighted by molar-refractivity contribution is 9.10. The fourth-order valence-electron chi connectivity index (χ4n) is 2.36. The van der Waals surface area contributed by atoms with Gasteiger partial charge >= 0.3 is 0 Å². The molecule has 0 aliphatic rings. The lowest BCUT2D eigenvalue weighted by Gasteiger charge is -2.20. The van der Waals surface area contributed by atoms with Gasteiger partial charge in [-0.3, -0.25) is 4.68 Å². The van der Waals surface area contributed by atoms with Crippen LogP contribution in [0.3, 0.4) is 0 Å². The molecule has 114 valence electrons. The van der Waals surface area contributed by atoms with Crippen LogP contribution in [0.1, 0.15) is 30.6 Å². The van der Waals surface area contributed by atoms with Crippen molar-refractivity contribution in [2.24, 2.45) is 7.05 Å². The minimum atomic E-state index is -0.840. The summed E-state index contributed by atoms with van der Waals surface area (Å²) in [4.78, 5) is 0. The Morgan fingerprint density at radius 2 is 2.10 bits per heavy atom. The number of nitrogens with zero attached hydrogens (tertiary/aromatic N) is 2. The van der Waals surface area contributed by atoms with Gasteiger partial charge in [0.25, 0.3) is 0 Å². The van der Waals surface area contributed by atoms with E-state index in [1.807, 2.05) is 24.7 Å². The van der Waals surface area contributed by atoms with Crippen molar-refractivity contribution in [2.75, 3.05) is 6.54 Å².